The largest absolute Gasteiger partial charge is 0.486 e. The highest BCUT2D eigenvalue weighted by Crippen LogP contribution is 2.45. The van der Waals surface area contributed by atoms with Gasteiger partial charge in [0.1, 0.15) is 11.5 Å². The first-order valence-electron chi connectivity index (χ1n) is 5.90. The standard InChI is InChI=1S/C12H17F3N2O2S/c1-6(2)19-9-8(16)10(7(3)18)20-11(9)17(4)5-12(13,14)15/h6H,5,16H2,1-4H3. The summed E-state index contributed by atoms with van der Waals surface area (Å²) in [4.78, 5) is 12.7. The summed E-state index contributed by atoms with van der Waals surface area (Å²) in [5.74, 6) is -0.158. The SMILES string of the molecule is CC(=O)c1sc(N(C)CC(F)(F)F)c(OC(C)C)c1N. The molecule has 114 valence electrons. The van der Waals surface area contributed by atoms with Crippen molar-refractivity contribution in [2.24, 2.45) is 0 Å². The van der Waals surface area contributed by atoms with E-state index in [-0.39, 0.29) is 33.2 Å². The number of nitrogens with zero attached hydrogens (tertiary/aromatic N) is 1. The smallest absolute Gasteiger partial charge is 0.405 e. The highest BCUT2D eigenvalue weighted by Gasteiger charge is 2.32. The maximum absolute atomic E-state index is 12.5. The lowest BCUT2D eigenvalue weighted by Crippen LogP contribution is -2.30. The normalized spacial score (nSPS) is 11.8. The number of ether oxygens (including phenoxy) is 1. The molecule has 0 aliphatic heterocycles. The molecular weight excluding hydrogens is 293 g/mol. The van der Waals surface area contributed by atoms with Crippen molar-refractivity contribution in [3.05, 3.63) is 4.88 Å². The van der Waals surface area contributed by atoms with Gasteiger partial charge in [-0.05, 0) is 13.8 Å². The maximum Gasteiger partial charge on any atom is 0.405 e. The van der Waals surface area contributed by atoms with E-state index in [0.29, 0.717) is 0 Å². The third-order valence-corrected chi connectivity index (χ3v) is 3.72. The lowest BCUT2D eigenvalue weighted by atomic mass is 10.3. The van der Waals surface area contributed by atoms with Crippen molar-refractivity contribution < 1.29 is 22.7 Å². The fourth-order valence-electron chi connectivity index (χ4n) is 1.62. The summed E-state index contributed by atoms with van der Waals surface area (Å²) in [6.45, 7) is 3.64. The molecule has 0 amide bonds. The van der Waals surface area contributed by atoms with Gasteiger partial charge in [-0.3, -0.25) is 4.79 Å². The van der Waals surface area contributed by atoms with E-state index in [0.717, 1.165) is 16.2 Å². The van der Waals surface area contributed by atoms with Crippen LogP contribution in [0.3, 0.4) is 0 Å². The molecule has 1 aromatic heterocycles. The zero-order chi connectivity index (χ0) is 15.7. The topological polar surface area (TPSA) is 55.6 Å². The lowest BCUT2D eigenvalue weighted by molar-refractivity contribution is -0.119. The van der Waals surface area contributed by atoms with Gasteiger partial charge in [0.25, 0.3) is 0 Å². The van der Waals surface area contributed by atoms with Crippen LogP contribution in [0, 0.1) is 0 Å². The Hall–Kier alpha value is -1.44. The molecule has 0 radical (unpaired) electrons. The summed E-state index contributed by atoms with van der Waals surface area (Å²) in [6, 6.07) is 0. The van der Waals surface area contributed by atoms with E-state index in [2.05, 4.69) is 0 Å². The Labute approximate surface area is 119 Å². The lowest BCUT2D eigenvalue weighted by Gasteiger charge is -2.21. The molecule has 0 bridgehead atoms. The number of rotatable bonds is 5. The number of alkyl halides is 3. The minimum atomic E-state index is -4.35. The van der Waals surface area contributed by atoms with Crippen LogP contribution in [-0.4, -0.2) is 31.7 Å². The number of carbonyl (C=O) groups is 1. The fourth-order valence-corrected chi connectivity index (χ4v) is 2.63. The Kier molecular flexibility index (Phi) is 4.90. The summed E-state index contributed by atoms with van der Waals surface area (Å²) in [6.07, 6.45) is -4.61. The maximum atomic E-state index is 12.5. The molecule has 20 heavy (non-hydrogen) atoms. The van der Waals surface area contributed by atoms with Crippen LogP contribution in [-0.2, 0) is 0 Å². The molecule has 0 saturated heterocycles. The van der Waals surface area contributed by atoms with Crippen LogP contribution in [0.4, 0.5) is 23.9 Å². The van der Waals surface area contributed by atoms with E-state index in [1.54, 1.807) is 13.8 Å². The molecule has 2 N–H and O–H groups in total. The zero-order valence-electron chi connectivity index (χ0n) is 11.7. The van der Waals surface area contributed by atoms with Gasteiger partial charge in [-0.25, -0.2) is 0 Å². The van der Waals surface area contributed by atoms with E-state index in [1.807, 2.05) is 0 Å². The molecule has 8 heteroatoms. The van der Waals surface area contributed by atoms with Crippen LogP contribution >= 0.6 is 11.3 Å². The van der Waals surface area contributed by atoms with Crippen molar-refractivity contribution in [2.75, 3.05) is 24.2 Å². The molecule has 0 unspecified atom stereocenters. The van der Waals surface area contributed by atoms with Gasteiger partial charge in [0, 0.05) is 14.0 Å². The Morgan fingerprint density at radius 1 is 1.45 bits per heavy atom. The van der Waals surface area contributed by atoms with Crippen molar-refractivity contribution in [1.82, 2.24) is 0 Å². The van der Waals surface area contributed by atoms with E-state index in [9.17, 15) is 18.0 Å². The third-order valence-electron chi connectivity index (χ3n) is 2.32. The van der Waals surface area contributed by atoms with Gasteiger partial charge in [-0.15, -0.1) is 11.3 Å². The number of hydrogen-bond acceptors (Lipinski definition) is 5. The molecule has 1 heterocycles. The van der Waals surface area contributed by atoms with Gasteiger partial charge in [-0.1, -0.05) is 0 Å². The Balaban J connectivity index is 3.22. The van der Waals surface area contributed by atoms with Crippen molar-refractivity contribution in [3.63, 3.8) is 0 Å². The van der Waals surface area contributed by atoms with Crippen LogP contribution in [0.15, 0.2) is 0 Å². The minimum absolute atomic E-state index is 0.0974. The molecule has 0 atom stereocenters. The fraction of sp³-hybridized carbons (Fsp3) is 0.583. The van der Waals surface area contributed by atoms with Gasteiger partial charge < -0.3 is 15.4 Å². The molecule has 1 rings (SSSR count). The van der Waals surface area contributed by atoms with Gasteiger partial charge in [0.2, 0.25) is 0 Å². The Bertz CT molecular complexity index is 498. The molecule has 0 aliphatic rings. The highest BCUT2D eigenvalue weighted by molar-refractivity contribution is 7.19. The number of ketones is 1. The van der Waals surface area contributed by atoms with Crippen molar-refractivity contribution in [1.29, 1.82) is 0 Å². The van der Waals surface area contributed by atoms with E-state index < -0.39 is 12.7 Å². The molecule has 0 saturated carbocycles. The summed E-state index contributed by atoms with van der Waals surface area (Å²) in [7, 11) is 1.29. The molecule has 0 spiro atoms. The van der Waals surface area contributed by atoms with Crippen molar-refractivity contribution in [3.8, 4) is 5.75 Å². The summed E-state index contributed by atoms with van der Waals surface area (Å²) < 4.78 is 42.9. The van der Waals surface area contributed by atoms with E-state index in [4.69, 9.17) is 10.5 Å². The van der Waals surface area contributed by atoms with Crippen LogP contribution in [0.5, 0.6) is 5.75 Å². The second-order valence-corrected chi connectivity index (χ2v) is 5.67. The predicted octanol–water partition coefficient (Wildman–Crippen LogP) is 3.32. The van der Waals surface area contributed by atoms with E-state index in [1.165, 1.54) is 14.0 Å². The number of anilines is 2. The average Bonchev–Trinajstić information content (AvgIpc) is 2.53. The molecule has 4 nitrogen and oxygen atoms in total. The number of halogens is 3. The van der Waals surface area contributed by atoms with Crippen molar-refractivity contribution >= 4 is 27.8 Å². The molecular formula is C12H17F3N2O2S. The minimum Gasteiger partial charge on any atom is -0.486 e. The molecule has 1 aromatic rings. The average molecular weight is 310 g/mol. The highest BCUT2D eigenvalue weighted by atomic mass is 32.1. The molecule has 0 aliphatic carbocycles. The number of nitrogens with two attached hydrogens (primary N) is 1. The first kappa shape index (κ1) is 16.6. The van der Waals surface area contributed by atoms with Gasteiger partial charge >= 0.3 is 6.18 Å². The number of carbonyl (C=O) groups excluding carboxylic acids is 1. The molecule has 0 fully saturated rings. The van der Waals surface area contributed by atoms with Crippen molar-refractivity contribution in [2.45, 2.75) is 33.1 Å². The number of nitrogen functional groups attached to an aromatic ring is 1. The van der Waals surface area contributed by atoms with Gasteiger partial charge in [-0.2, -0.15) is 13.2 Å². The Morgan fingerprint density at radius 2 is 2.00 bits per heavy atom. The van der Waals surface area contributed by atoms with Crippen LogP contribution < -0.4 is 15.4 Å². The monoisotopic (exact) mass is 310 g/mol. The van der Waals surface area contributed by atoms with Gasteiger partial charge in [0.15, 0.2) is 11.5 Å². The quantitative estimate of drug-likeness (QED) is 0.848. The third kappa shape index (κ3) is 4.03. The van der Waals surface area contributed by atoms with E-state index >= 15 is 0 Å². The van der Waals surface area contributed by atoms with Gasteiger partial charge in [0.05, 0.1) is 16.7 Å². The number of hydrogen-bond donors (Lipinski definition) is 1. The molecule has 0 aromatic carbocycles. The second-order valence-electron chi connectivity index (χ2n) is 4.67. The summed E-state index contributed by atoms with van der Waals surface area (Å²) in [5.41, 5.74) is 5.91. The summed E-state index contributed by atoms with van der Waals surface area (Å²) in [5, 5.41) is 0.207. The summed E-state index contributed by atoms with van der Waals surface area (Å²) >= 11 is 0.911. The first-order chi connectivity index (χ1) is 9.03. The van der Waals surface area contributed by atoms with Crippen LogP contribution in [0.25, 0.3) is 0 Å². The first-order valence-corrected chi connectivity index (χ1v) is 6.72. The Morgan fingerprint density at radius 3 is 2.40 bits per heavy atom. The van der Waals surface area contributed by atoms with Crippen LogP contribution in [0.1, 0.15) is 30.4 Å². The second kappa shape index (κ2) is 5.90. The zero-order valence-corrected chi connectivity index (χ0v) is 12.5. The number of thiophene rings is 1. The van der Waals surface area contributed by atoms with Crippen LogP contribution in [0.2, 0.25) is 0 Å². The number of Topliss-reactive ketones (excluding diaryl/α,β-unsaturated/α-hetero) is 1. The predicted molar refractivity (Wildman–Crippen MR) is 73.8 cm³/mol.